The van der Waals surface area contributed by atoms with Crippen molar-refractivity contribution in [1.29, 1.82) is 0 Å². The number of nitrogens with zero attached hydrogens (tertiary/aromatic N) is 1. The molecule has 0 aliphatic carbocycles. The zero-order chi connectivity index (χ0) is 15.9. The number of hydrogen-bond donors (Lipinski definition) is 1. The Labute approximate surface area is 131 Å². The molecule has 1 aromatic rings. The van der Waals surface area contributed by atoms with E-state index in [-0.39, 0.29) is 24.3 Å². The van der Waals surface area contributed by atoms with Gasteiger partial charge in [-0.05, 0) is 38.3 Å². The van der Waals surface area contributed by atoms with E-state index in [1.165, 1.54) is 0 Å². The second kappa shape index (κ2) is 7.94. The summed E-state index contributed by atoms with van der Waals surface area (Å²) in [6.07, 6.45) is 3.17. The van der Waals surface area contributed by atoms with Crippen LogP contribution in [-0.2, 0) is 14.3 Å². The lowest BCUT2D eigenvalue weighted by atomic mass is 10.1. The summed E-state index contributed by atoms with van der Waals surface area (Å²) < 4.78 is 5.62. The summed E-state index contributed by atoms with van der Waals surface area (Å²) in [6, 6.07) is 7.50. The van der Waals surface area contributed by atoms with E-state index in [1.54, 1.807) is 11.9 Å². The standard InChI is InChI=1S/C17H24N2O3/c1-13-6-8-14(9-7-13)18-16(20)11-17(21)19(2)12-15-5-3-4-10-22-15/h6-9,15H,3-5,10-12H2,1-2H3,(H,18,20)/t15-/m1/s1. The molecule has 0 radical (unpaired) electrons. The minimum absolute atomic E-state index is 0.0999. The van der Waals surface area contributed by atoms with Crippen LogP contribution in [0.4, 0.5) is 5.69 Å². The maximum atomic E-state index is 12.1. The first-order valence-electron chi connectivity index (χ1n) is 7.76. The Morgan fingerprint density at radius 1 is 1.27 bits per heavy atom. The molecule has 0 aromatic heterocycles. The Morgan fingerprint density at radius 2 is 2.00 bits per heavy atom. The van der Waals surface area contributed by atoms with Gasteiger partial charge in [-0.25, -0.2) is 0 Å². The van der Waals surface area contributed by atoms with Gasteiger partial charge in [0.05, 0.1) is 6.10 Å². The summed E-state index contributed by atoms with van der Waals surface area (Å²) in [7, 11) is 1.72. The molecule has 1 fully saturated rings. The highest BCUT2D eigenvalue weighted by Gasteiger charge is 2.20. The average molecular weight is 304 g/mol. The second-order valence-corrected chi connectivity index (χ2v) is 5.85. The fraction of sp³-hybridized carbons (Fsp3) is 0.529. The number of hydrogen-bond acceptors (Lipinski definition) is 3. The first kappa shape index (κ1) is 16.5. The smallest absolute Gasteiger partial charge is 0.233 e. The van der Waals surface area contributed by atoms with Gasteiger partial charge in [0.1, 0.15) is 6.42 Å². The minimum atomic E-state index is -0.287. The van der Waals surface area contributed by atoms with Crippen LogP contribution in [0.3, 0.4) is 0 Å². The molecule has 1 atom stereocenters. The van der Waals surface area contributed by atoms with Crippen molar-refractivity contribution in [2.75, 3.05) is 25.5 Å². The molecule has 0 unspecified atom stereocenters. The Morgan fingerprint density at radius 3 is 2.64 bits per heavy atom. The topological polar surface area (TPSA) is 58.6 Å². The van der Waals surface area contributed by atoms with Gasteiger partial charge in [-0.1, -0.05) is 17.7 Å². The number of nitrogens with one attached hydrogen (secondary N) is 1. The van der Waals surface area contributed by atoms with E-state index in [9.17, 15) is 9.59 Å². The van der Waals surface area contributed by atoms with E-state index in [2.05, 4.69) is 5.32 Å². The molecule has 1 aromatic carbocycles. The first-order valence-corrected chi connectivity index (χ1v) is 7.76. The van der Waals surface area contributed by atoms with Gasteiger partial charge < -0.3 is 15.0 Å². The van der Waals surface area contributed by atoms with Gasteiger partial charge in [-0.15, -0.1) is 0 Å². The molecule has 120 valence electrons. The zero-order valence-corrected chi connectivity index (χ0v) is 13.3. The number of benzene rings is 1. The Hall–Kier alpha value is -1.88. The van der Waals surface area contributed by atoms with Gasteiger partial charge in [-0.3, -0.25) is 9.59 Å². The van der Waals surface area contributed by atoms with Crippen molar-refractivity contribution in [3.63, 3.8) is 0 Å². The van der Waals surface area contributed by atoms with Crippen molar-refractivity contribution in [3.8, 4) is 0 Å². The van der Waals surface area contributed by atoms with Crippen LogP contribution in [0, 0.1) is 6.92 Å². The van der Waals surface area contributed by atoms with Crippen LogP contribution in [0.5, 0.6) is 0 Å². The van der Waals surface area contributed by atoms with E-state index >= 15 is 0 Å². The van der Waals surface area contributed by atoms with Crippen molar-refractivity contribution in [1.82, 2.24) is 4.90 Å². The van der Waals surface area contributed by atoms with Crippen LogP contribution in [0.1, 0.15) is 31.2 Å². The van der Waals surface area contributed by atoms with Crippen LogP contribution in [0.15, 0.2) is 24.3 Å². The molecule has 1 N–H and O–H groups in total. The number of carbonyl (C=O) groups is 2. The molecule has 1 heterocycles. The molecular weight excluding hydrogens is 280 g/mol. The maximum absolute atomic E-state index is 12.1. The summed E-state index contributed by atoms with van der Waals surface area (Å²) in [4.78, 5) is 25.6. The number of carbonyl (C=O) groups excluding carboxylic acids is 2. The predicted molar refractivity (Wildman–Crippen MR) is 85.7 cm³/mol. The minimum Gasteiger partial charge on any atom is -0.376 e. The summed E-state index contributed by atoms with van der Waals surface area (Å²) >= 11 is 0. The highest BCUT2D eigenvalue weighted by molar-refractivity contribution is 6.03. The van der Waals surface area contributed by atoms with Gasteiger partial charge >= 0.3 is 0 Å². The predicted octanol–water partition coefficient (Wildman–Crippen LogP) is 2.35. The number of amides is 2. The molecule has 0 bridgehead atoms. The van der Waals surface area contributed by atoms with E-state index in [1.807, 2.05) is 31.2 Å². The van der Waals surface area contributed by atoms with E-state index in [0.717, 1.165) is 31.4 Å². The lowest BCUT2D eigenvalue weighted by Gasteiger charge is -2.27. The van der Waals surface area contributed by atoms with Crippen molar-refractivity contribution in [2.45, 2.75) is 38.7 Å². The van der Waals surface area contributed by atoms with Crippen LogP contribution < -0.4 is 5.32 Å². The molecule has 0 spiro atoms. The van der Waals surface area contributed by atoms with Gasteiger partial charge in [0.15, 0.2) is 0 Å². The Bertz CT molecular complexity index is 507. The monoisotopic (exact) mass is 304 g/mol. The fourth-order valence-electron chi connectivity index (χ4n) is 2.47. The zero-order valence-electron chi connectivity index (χ0n) is 13.3. The Balaban J connectivity index is 1.77. The van der Waals surface area contributed by atoms with Crippen LogP contribution in [0.25, 0.3) is 0 Å². The average Bonchev–Trinajstić information content (AvgIpc) is 2.50. The van der Waals surface area contributed by atoms with Crippen molar-refractivity contribution >= 4 is 17.5 Å². The highest BCUT2D eigenvalue weighted by Crippen LogP contribution is 2.14. The molecule has 1 aliphatic rings. The number of ether oxygens (including phenoxy) is 1. The number of rotatable bonds is 5. The first-order chi connectivity index (χ1) is 10.5. The third-order valence-corrected chi connectivity index (χ3v) is 3.82. The largest absolute Gasteiger partial charge is 0.376 e. The summed E-state index contributed by atoms with van der Waals surface area (Å²) in [5.74, 6) is -0.468. The number of anilines is 1. The molecule has 1 saturated heterocycles. The van der Waals surface area contributed by atoms with Gasteiger partial charge in [0.2, 0.25) is 11.8 Å². The lowest BCUT2D eigenvalue weighted by molar-refractivity contribution is -0.135. The van der Waals surface area contributed by atoms with Gasteiger partial charge in [0, 0.05) is 25.9 Å². The molecule has 5 heteroatoms. The SMILES string of the molecule is Cc1ccc(NC(=O)CC(=O)N(C)C[C@H]2CCCCO2)cc1. The lowest BCUT2D eigenvalue weighted by Crippen LogP contribution is -2.38. The fourth-order valence-corrected chi connectivity index (χ4v) is 2.47. The van der Waals surface area contributed by atoms with Crippen molar-refractivity contribution < 1.29 is 14.3 Å². The van der Waals surface area contributed by atoms with E-state index < -0.39 is 0 Å². The van der Waals surface area contributed by atoms with Crippen LogP contribution in [0.2, 0.25) is 0 Å². The molecule has 2 rings (SSSR count). The maximum Gasteiger partial charge on any atom is 0.233 e. The van der Waals surface area contributed by atoms with Gasteiger partial charge in [-0.2, -0.15) is 0 Å². The second-order valence-electron chi connectivity index (χ2n) is 5.85. The van der Waals surface area contributed by atoms with E-state index in [4.69, 9.17) is 4.74 Å². The van der Waals surface area contributed by atoms with Gasteiger partial charge in [0.25, 0.3) is 0 Å². The molecule has 1 aliphatic heterocycles. The van der Waals surface area contributed by atoms with Crippen LogP contribution in [-0.4, -0.2) is 43.0 Å². The highest BCUT2D eigenvalue weighted by atomic mass is 16.5. The molecule has 5 nitrogen and oxygen atoms in total. The van der Waals surface area contributed by atoms with Crippen molar-refractivity contribution in [3.05, 3.63) is 29.8 Å². The molecule has 0 saturated carbocycles. The van der Waals surface area contributed by atoms with Crippen molar-refractivity contribution in [2.24, 2.45) is 0 Å². The molecule has 22 heavy (non-hydrogen) atoms. The number of likely N-dealkylation sites (N-methyl/N-ethyl adjacent to an activating group) is 1. The summed E-state index contributed by atoms with van der Waals surface area (Å²) in [5.41, 5.74) is 1.84. The normalized spacial score (nSPS) is 17.8. The molecular formula is C17H24N2O3. The number of aryl methyl sites for hydroxylation is 1. The third-order valence-electron chi connectivity index (χ3n) is 3.82. The molecule has 2 amide bonds. The summed E-state index contributed by atoms with van der Waals surface area (Å²) in [5, 5.41) is 2.74. The third kappa shape index (κ3) is 5.15. The van der Waals surface area contributed by atoms with Crippen LogP contribution >= 0.6 is 0 Å². The van der Waals surface area contributed by atoms with E-state index in [0.29, 0.717) is 12.2 Å². The Kier molecular flexibility index (Phi) is 5.95. The quantitative estimate of drug-likeness (QED) is 0.850. The summed E-state index contributed by atoms with van der Waals surface area (Å²) in [6.45, 7) is 3.30.